The van der Waals surface area contributed by atoms with Crippen LogP contribution in [-0.4, -0.2) is 0 Å². The summed E-state index contributed by atoms with van der Waals surface area (Å²) in [6, 6.07) is 8.43. The molecule has 1 fully saturated rings. The van der Waals surface area contributed by atoms with Gasteiger partial charge < -0.3 is 5.73 Å². The van der Waals surface area contributed by atoms with Gasteiger partial charge in [0.15, 0.2) is 0 Å². The van der Waals surface area contributed by atoms with Crippen LogP contribution in [0.5, 0.6) is 0 Å². The first-order valence-electron chi connectivity index (χ1n) is 5.26. The Bertz CT molecular complexity index is 321. The van der Waals surface area contributed by atoms with Gasteiger partial charge in [0.05, 0.1) is 0 Å². The highest BCUT2D eigenvalue weighted by molar-refractivity contribution is 9.10. The molecule has 1 aromatic rings. The molecule has 0 amide bonds. The Morgan fingerprint density at radius 1 is 1.13 bits per heavy atom. The van der Waals surface area contributed by atoms with Crippen molar-refractivity contribution in [2.75, 3.05) is 0 Å². The van der Waals surface area contributed by atoms with E-state index in [9.17, 15) is 0 Å². The zero-order valence-corrected chi connectivity index (χ0v) is 11.1. The summed E-state index contributed by atoms with van der Waals surface area (Å²) in [6.45, 7) is 0. The summed E-state index contributed by atoms with van der Waals surface area (Å²) in [5.74, 6) is 0. The monoisotopic (exact) mass is 289 g/mol. The van der Waals surface area contributed by atoms with Crippen LogP contribution in [0.3, 0.4) is 0 Å². The van der Waals surface area contributed by atoms with Crippen LogP contribution in [0.2, 0.25) is 0 Å². The van der Waals surface area contributed by atoms with Crippen LogP contribution in [-0.2, 0) is 5.54 Å². The van der Waals surface area contributed by atoms with Crippen molar-refractivity contribution in [3.05, 3.63) is 34.3 Å². The first kappa shape index (κ1) is 13.0. The van der Waals surface area contributed by atoms with E-state index < -0.39 is 0 Å². The molecular weight excluding hydrogens is 273 g/mol. The summed E-state index contributed by atoms with van der Waals surface area (Å²) in [7, 11) is 0. The van der Waals surface area contributed by atoms with Crippen LogP contribution in [0.4, 0.5) is 0 Å². The van der Waals surface area contributed by atoms with Gasteiger partial charge in [-0.15, -0.1) is 12.4 Å². The third kappa shape index (κ3) is 2.96. The first-order valence-corrected chi connectivity index (χ1v) is 6.05. The third-order valence-corrected chi connectivity index (χ3v) is 3.64. The summed E-state index contributed by atoms with van der Waals surface area (Å²) in [4.78, 5) is 0. The number of halogens is 2. The molecule has 1 aliphatic carbocycles. The maximum atomic E-state index is 6.43. The molecule has 0 atom stereocenters. The van der Waals surface area contributed by atoms with Crippen LogP contribution in [0.1, 0.15) is 37.7 Å². The molecule has 84 valence electrons. The van der Waals surface area contributed by atoms with Gasteiger partial charge in [0.25, 0.3) is 0 Å². The molecule has 1 saturated carbocycles. The van der Waals surface area contributed by atoms with Crippen molar-refractivity contribution in [3.8, 4) is 0 Å². The molecule has 0 aromatic heterocycles. The molecule has 0 unspecified atom stereocenters. The van der Waals surface area contributed by atoms with E-state index in [2.05, 4.69) is 40.2 Å². The Kier molecular flexibility index (Phi) is 4.63. The average Bonchev–Trinajstić information content (AvgIpc) is 2.19. The molecule has 0 spiro atoms. The molecule has 2 N–H and O–H groups in total. The topological polar surface area (TPSA) is 26.0 Å². The van der Waals surface area contributed by atoms with Gasteiger partial charge in [0, 0.05) is 10.0 Å². The summed E-state index contributed by atoms with van der Waals surface area (Å²) in [5.41, 5.74) is 7.64. The van der Waals surface area contributed by atoms with Crippen molar-refractivity contribution in [3.63, 3.8) is 0 Å². The molecular formula is C12H17BrClN. The van der Waals surface area contributed by atoms with E-state index in [0.29, 0.717) is 0 Å². The second kappa shape index (κ2) is 5.33. The molecule has 0 saturated heterocycles. The van der Waals surface area contributed by atoms with Crippen molar-refractivity contribution in [1.29, 1.82) is 0 Å². The van der Waals surface area contributed by atoms with Crippen molar-refractivity contribution >= 4 is 28.3 Å². The van der Waals surface area contributed by atoms with Gasteiger partial charge in [-0.3, -0.25) is 0 Å². The zero-order chi connectivity index (χ0) is 10.0. The highest BCUT2D eigenvalue weighted by atomic mass is 79.9. The Morgan fingerprint density at radius 3 is 2.40 bits per heavy atom. The molecule has 0 aliphatic heterocycles. The molecule has 15 heavy (non-hydrogen) atoms. The Labute approximate surface area is 106 Å². The summed E-state index contributed by atoms with van der Waals surface area (Å²) in [5, 5.41) is 0. The minimum atomic E-state index is -0.0674. The SMILES string of the molecule is Cl.NC1(c2cccc(Br)c2)CCCCC1. The van der Waals surface area contributed by atoms with E-state index in [1.807, 2.05) is 0 Å². The van der Waals surface area contributed by atoms with Gasteiger partial charge in [0.2, 0.25) is 0 Å². The van der Waals surface area contributed by atoms with Crippen LogP contribution < -0.4 is 5.73 Å². The molecule has 0 bridgehead atoms. The van der Waals surface area contributed by atoms with Crippen LogP contribution in [0.25, 0.3) is 0 Å². The van der Waals surface area contributed by atoms with Gasteiger partial charge in [-0.25, -0.2) is 0 Å². The second-order valence-electron chi connectivity index (χ2n) is 4.23. The van der Waals surface area contributed by atoms with Crippen molar-refractivity contribution < 1.29 is 0 Å². The standard InChI is InChI=1S/C12H16BrN.ClH/c13-11-6-4-5-10(9-11)12(14)7-2-1-3-8-12;/h4-6,9H,1-3,7-8,14H2;1H. The maximum Gasteiger partial charge on any atom is 0.0410 e. The molecule has 1 nitrogen and oxygen atoms in total. The van der Waals surface area contributed by atoms with E-state index in [0.717, 1.165) is 17.3 Å². The highest BCUT2D eigenvalue weighted by Gasteiger charge is 2.29. The Balaban J connectivity index is 0.00000112. The van der Waals surface area contributed by atoms with E-state index >= 15 is 0 Å². The fourth-order valence-electron chi connectivity index (χ4n) is 2.27. The molecule has 0 radical (unpaired) electrons. The maximum absolute atomic E-state index is 6.43. The van der Waals surface area contributed by atoms with E-state index in [4.69, 9.17) is 5.73 Å². The lowest BCUT2D eigenvalue weighted by molar-refractivity contribution is 0.302. The Hall–Kier alpha value is -0.0500. The Morgan fingerprint density at radius 2 is 1.80 bits per heavy atom. The zero-order valence-electron chi connectivity index (χ0n) is 8.71. The normalized spacial score (nSPS) is 19.3. The summed E-state index contributed by atoms with van der Waals surface area (Å²) in [6.07, 6.45) is 6.13. The summed E-state index contributed by atoms with van der Waals surface area (Å²) >= 11 is 3.50. The molecule has 3 heteroatoms. The van der Waals surface area contributed by atoms with Crippen LogP contribution in [0, 0.1) is 0 Å². The van der Waals surface area contributed by atoms with Crippen LogP contribution in [0.15, 0.2) is 28.7 Å². The predicted octanol–water partition coefficient (Wildman–Crippen LogP) is 3.99. The quantitative estimate of drug-likeness (QED) is 0.831. The fourth-order valence-corrected chi connectivity index (χ4v) is 2.67. The molecule has 0 heterocycles. The van der Waals surface area contributed by atoms with Gasteiger partial charge in [-0.2, -0.15) is 0 Å². The fraction of sp³-hybridized carbons (Fsp3) is 0.500. The van der Waals surface area contributed by atoms with E-state index in [1.165, 1.54) is 24.8 Å². The lowest BCUT2D eigenvalue weighted by Gasteiger charge is -2.34. The minimum Gasteiger partial charge on any atom is -0.321 e. The van der Waals surface area contributed by atoms with Gasteiger partial charge >= 0.3 is 0 Å². The molecule has 1 aromatic carbocycles. The minimum absolute atomic E-state index is 0. The van der Waals surface area contributed by atoms with E-state index in [1.54, 1.807) is 0 Å². The number of rotatable bonds is 1. The van der Waals surface area contributed by atoms with Crippen molar-refractivity contribution in [1.82, 2.24) is 0 Å². The number of nitrogens with two attached hydrogens (primary N) is 1. The molecule has 1 aliphatic rings. The van der Waals surface area contributed by atoms with Crippen molar-refractivity contribution in [2.45, 2.75) is 37.6 Å². The average molecular weight is 291 g/mol. The van der Waals surface area contributed by atoms with E-state index in [-0.39, 0.29) is 17.9 Å². The second-order valence-corrected chi connectivity index (χ2v) is 5.14. The third-order valence-electron chi connectivity index (χ3n) is 3.15. The highest BCUT2D eigenvalue weighted by Crippen LogP contribution is 2.35. The lowest BCUT2D eigenvalue weighted by atomic mass is 9.77. The number of benzene rings is 1. The van der Waals surface area contributed by atoms with Gasteiger partial charge in [-0.05, 0) is 30.5 Å². The van der Waals surface area contributed by atoms with Gasteiger partial charge in [-0.1, -0.05) is 47.3 Å². The van der Waals surface area contributed by atoms with Crippen LogP contribution >= 0.6 is 28.3 Å². The number of hydrogen-bond acceptors (Lipinski definition) is 1. The first-order chi connectivity index (χ1) is 6.71. The van der Waals surface area contributed by atoms with Gasteiger partial charge in [0.1, 0.15) is 0 Å². The van der Waals surface area contributed by atoms with Crippen molar-refractivity contribution in [2.24, 2.45) is 5.73 Å². The largest absolute Gasteiger partial charge is 0.321 e. The lowest BCUT2D eigenvalue weighted by Crippen LogP contribution is -2.38. The summed E-state index contributed by atoms with van der Waals surface area (Å²) < 4.78 is 1.13. The smallest absolute Gasteiger partial charge is 0.0410 e. The number of hydrogen-bond donors (Lipinski definition) is 1. The predicted molar refractivity (Wildman–Crippen MR) is 70.3 cm³/mol. The molecule has 2 rings (SSSR count).